The van der Waals surface area contributed by atoms with E-state index in [0.29, 0.717) is 12.3 Å². The zero-order valence-electron chi connectivity index (χ0n) is 11.6. The Morgan fingerprint density at radius 1 is 1.10 bits per heavy atom. The first-order chi connectivity index (χ1) is 10.1. The van der Waals surface area contributed by atoms with Crippen molar-refractivity contribution in [1.82, 2.24) is 10.6 Å². The summed E-state index contributed by atoms with van der Waals surface area (Å²) < 4.78 is 5.04. The number of aryl methyl sites for hydroxylation is 1. The molecule has 21 heavy (non-hydrogen) atoms. The Labute approximate surface area is 121 Å². The maximum atomic E-state index is 11.7. The largest absolute Gasteiger partial charge is 0.475 e. The zero-order chi connectivity index (χ0) is 15.2. The van der Waals surface area contributed by atoms with E-state index in [0.717, 1.165) is 11.1 Å². The van der Waals surface area contributed by atoms with E-state index < -0.39 is 5.97 Å². The van der Waals surface area contributed by atoms with Gasteiger partial charge < -0.3 is 20.2 Å². The molecule has 110 valence electrons. The maximum Gasteiger partial charge on any atom is 0.371 e. The third-order valence-corrected chi connectivity index (χ3v) is 3.00. The van der Waals surface area contributed by atoms with Gasteiger partial charge in [-0.15, -0.1) is 0 Å². The molecule has 2 amide bonds. The molecule has 0 unspecified atom stereocenters. The van der Waals surface area contributed by atoms with Crippen molar-refractivity contribution in [2.24, 2.45) is 0 Å². The minimum Gasteiger partial charge on any atom is -0.475 e. The van der Waals surface area contributed by atoms with Crippen molar-refractivity contribution >= 4 is 12.0 Å². The van der Waals surface area contributed by atoms with Crippen molar-refractivity contribution < 1.29 is 19.1 Å². The third kappa shape index (κ3) is 4.10. The van der Waals surface area contributed by atoms with Gasteiger partial charge >= 0.3 is 12.0 Å². The molecule has 0 fully saturated rings. The molecule has 6 nitrogen and oxygen atoms in total. The molecule has 2 aromatic rings. The first-order valence-electron chi connectivity index (χ1n) is 6.44. The number of urea groups is 1. The van der Waals surface area contributed by atoms with Crippen LogP contribution < -0.4 is 10.6 Å². The van der Waals surface area contributed by atoms with E-state index in [2.05, 4.69) is 10.6 Å². The van der Waals surface area contributed by atoms with Crippen LogP contribution in [0.3, 0.4) is 0 Å². The van der Waals surface area contributed by atoms with Gasteiger partial charge in [-0.25, -0.2) is 9.59 Å². The normalized spacial score (nSPS) is 10.1. The molecule has 0 aliphatic heterocycles. The second-order valence-electron chi connectivity index (χ2n) is 4.53. The second-order valence-corrected chi connectivity index (χ2v) is 4.53. The number of benzene rings is 1. The fourth-order valence-corrected chi connectivity index (χ4v) is 1.80. The van der Waals surface area contributed by atoms with Gasteiger partial charge in [0.25, 0.3) is 0 Å². The molecular formula is C15H16N2O4. The van der Waals surface area contributed by atoms with Crippen LogP contribution in [0, 0.1) is 6.92 Å². The Morgan fingerprint density at radius 2 is 1.81 bits per heavy atom. The Hall–Kier alpha value is -2.76. The standard InChI is InChI=1S/C15H16N2O4/c1-10-4-2-3-5-11(10)8-16-15(20)17-9-12-6-7-13(21-12)14(18)19/h2-7H,8-9H2,1H3,(H,18,19)(H2,16,17,20). The van der Waals surface area contributed by atoms with Crippen LogP contribution >= 0.6 is 0 Å². The van der Waals surface area contributed by atoms with Crippen molar-refractivity contribution in [2.45, 2.75) is 20.0 Å². The molecule has 0 saturated heterocycles. The van der Waals surface area contributed by atoms with Crippen molar-refractivity contribution in [1.29, 1.82) is 0 Å². The lowest BCUT2D eigenvalue weighted by atomic mass is 10.1. The molecule has 1 aromatic carbocycles. The van der Waals surface area contributed by atoms with E-state index in [1.54, 1.807) is 0 Å². The van der Waals surface area contributed by atoms with Crippen LogP contribution in [0.15, 0.2) is 40.8 Å². The Morgan fingerprint density at radius 3 is 2.48 bits per heavy atom. The average Bonchev–Trinajstić information content (AvgIpc) is 2.93. The van der Waals surface area contributed by atoms with Crippen LogP contribution in [0.25, 0.3) is 0 Å². The Bertz CT molecular complexity index is 649. The van der Waals surface area contributed by atoms with Gasteiger partial charge in [-0.05, 0) is 30.2 Å². The number of hydrogen-bond acceptors (Lipinski definition) is 3. The summed E-state index contributed by atoms with van der Waals surface area (Å²) in [7, 11) is 0. The number of carbonyl (C=O) groups excluding carboxylic acids is 1. The molecule has 6 heteroatoms. The number of furan rings is 1. The van der Waals surface area contributed by atoms with Crippen LogP contribution in [0.4, 0.5) is 4.79 Å². The topological polar surface area (TPSA) is 91.6 Å². The summed E-state index contributed by atoms with van der Waals surface area (Å²) in [6.45, 7) is 2.54. The fraction of sp³-hybridized carbons (Fsp3) is 0.200. The summed E-state index contributed by atoms with van der Waals surface area (Å²) >= 11 is 0. The molecule has 1 aromatic heterocycles. The lowest BCUT2D eigenvalue weighted by Gasteiger charge is -2.08. The molecular weight excluding hydrogens is 272 g/mol. The summed E-state index contributed by atoms with van der Waals surface area (Å²) in [6, 6.07) is 10.3. The molecule has 0 saturated carbocycles. The predicted octanol–water partition coefficient (Wildman–Crippen LogP) is 2.29. The predicted molar refractivity (Wildman–Crippen MR) is 75.9 cm³/mol. The van der Waals surface area contributed by atoms with E-state index in [1.165, 1.54) is 12.1 Å². The summed E-state index contributed by atoms with van der Waals surface area (Å²) in [4.78, 5) is 22.3. The van der Waals surface area contributed by atoms with Gasteiger partial charge in [0.15, 0.2) is 0 Å². The molecule has 0 bridgehead atoms. The van der Waals surface area contributed by atoms with Crippen LogP contribution in [-0.4, -0.2) is 17.1 Å². The number of carboxylic acid groups (broad SMARTS) is 1. The van der Waals surface area contributed by atoms with E-state index in [4.69, 9.17) is 9.52 Å². The highest BCUT2D eigenvalue weighted by molar-refractivity contribution is 5.84. The molecule has 2 rings (SSSR count). The van der Waals surface area contributed by atoms with Crippen LogP contribution in [0.1, 0.15) is 27.4 Å². The summed E-state index contributed by atoms with van der Waals surface area (Å²) in [5.74, 6) is -0.893. The number of aromatic carboxylic acids is 1. The monoisotopic (exact) mass is 288 g/mol. The smallest absolute Gasteiger partial charge is 0.371 e. The quantitative estimate of drug-likeness (QED) is 0.787. The van der Waals surface area contributed by atoms with Crippen molar-refractivity contribution in [3.8, 4) is 0 Å². The number of carboxylic acids is 1. The summed E-state index contributed by atoms with van der Waals surface area (Å²) in [5, 5.41) is 14.1. The van der Waals surface area contributed by atoms with Gasteiger partial charge in [-0.2, -0.15) is 0 Å². The molecule has 3 N–H and O–H groups in total. The first kappa shape index (κ1) is 14.6. The number of amides is 2. The fourth-order valence-electron chi connectivity index (χ4n) is 1.80. The minimum absolute atomic E-state index is 0.132. The number of hydrogen-bond donors (Lipinski definition) is 3. The van der Waals surface area contributed by atoms with Crippen molar-refractivity contribution in [3.05, 3.63) is 59.0 Å². The molecule has 0 atom stereocenters. The molecule has 0 spiro atoms. The first-order valence-corrected chi connectivity index (χ1v) is 6.44. The van der Waals surface area contributed by atoms with Gasteiger partial charge in [0.05, 0.1) is 6.54 Å². The SMILES string of the molecule is Cc1ccccc1CNC(=O)NCc1ccc(C(=O)O)o1. The number of carbonyl (C=O) groups is 2. The van der Waals surface area contributed by atoms with E-state index in [1.807, 2.05) is 31.2 Å². The Kier molecular flexibility index (Phi) is 4.61. The highest BCUT2D eigenvalue weighted by Crippen LogP contribution is 2.08. The van der Waals surface area contributed by atoms with Crippen molar-refractivity contribution in [2.75, 3.05) is 0 Å². The molecule has 0 aliphatic rings. The van der Waals surface area contributed by atoms with Gasteiger partial charge in [-0.3, -0.25) is 0 Å². The summed E-state index contributed by atoms with van der Waals surface area (Å²) in [6.07, 6.45) is 0. The van der Waals surface area contributed by atoms with Gasteiger partial charge in [0.1, 0.15) is 5.76 Å². The maximum absolute atomic E-state index is 11.7. The Balaban J connectivity index is 1.79. The third-order valence-electron chi connectivity index (χ3n) is 3.00. The molecule has 0 aliphatic carbocycles. The van der Waals surface area contributed by atoms with Crippen molar-refractivity contribution in [3.63, 3.8) is 0 Å². The van der Waals surface area contributed by atoms with Gasteiger partial charge in [0.2, 0.25) is 5.76 Å². The van der Waals surface area contributed by atoms with E-state index >= 15 is 0 Å². The molecule has 0 radical (unpaired) electrons. The summed E-state index contributed by atoms with van der Waals surface area (Å²) in [5.41, 5.74) is 2.15. The highest BCUT2D eigenvalue weighted by Gasteiger charge is 2.09. The van der Waals surface area contributed by atoms with Gasteiger partial charge in [-0.1, -0.05) is 24.3 Å². The minimum atomic E-state index is -1.13. The number of rotatable bonds is 5. The number of nitrogens with one attached hydrogen (secondary N) is 2. The van der Waals surface area contributed by atoms with Crippen LogP contribution in [0.2, 0.25) is 0 Å². The average molecular weight is 288 g/mol. The lowest BCUT2D eigenvalue weighted by molar-refractivity contribution is 0.0660. The molecule has 1 heterocycles. The van der Waals surface area contributed by atoms with Gasteiger partial charge in [0, 0.05) is 6.54 Å². The van der Waals surface area contributed by atoms with E-state index in [-0.39, 0.29) is 18.3 Å². The van der Waals surface area contributed by atoms with Crippen LogP contribution in [0.5, 0.6) is 0 Å². The zero-order valence-corrected chi connectivity index (χ0v) is 11.6. The lowest BCUT2D eigenvalue weighted by Crippen LogP contribution is -2.34. The highest BCUT2D eigenvalue weighted by atomic mass is 16.4. The van der Waals surface area contributed by atoms with E-state index in [9.17, 15) is 9.59 Å². The second kappa shape index (κ2) is 6.60. The van der Waals surface area contributed by atoms with Crippen LogP contribution in [-0.2, 0) is 13.1 Å².